The number of rotatable bonds is 4. The van der Waals surface area contributed by atoms with Gasteiger partial charge in [-0.1, -0.05) is 19.9 Å². The molecule has 0 spiro atoms. The predicted octanol–water partition coefficient (Wildman–Crippen LogP) is 4.34. The molecule has 1 N–H and O–H groups in total. The summed E-state index contributed by atoms with van der Waals surface area (Å²) in [4.78, 5) is 23.4. The molecule has 0 unspecified atom stereocenters. The molecule has 5 nitrogen and oxygen atoms in total. The molecular formula is C15H16N2O3S. The second-order valence-electron chi connectivity index (χ2n) is 5.07. The Morgan fingerprint density at radius 3 is 2.67 bits per heavy atom. The summed E-state index contributed by atoms with van der Waals surface area (Å²) in [6, 6.07) is 6.62. The molecule has 0 bridgehead atoms. The molecule has 1 aromatic carbocycles. The van der Waals surface area contributed by atoms with Gasteiger partial charge in [0.1, 0.15) is 0 Å². The van der Waals surface area contributed by atoms with Crippen molar-refractivity contribution in [2.45, 2.75) is 26.7 Å². The van der Waals surface area contributed by atoms with Gasteiger partial charge in [0.2, 0.25) is 0 Å². The first-order valence-electron chi connectivity index (χ1n) is 6.54. The topological polar surface area (TPSA) is 72.2 Å². The van der Waals surface area contributed by atoms with E-state index in [9.17, 15) is 14.9 Å². The first kappa shape index (κ1) is 15.2. The van der Waals surface area contributed by atoms with E-state index in [2.05, 4.69) is 5.32 Å². The SMILES string of the molecule is Cc1ccc(NC(=O)c2sccc2C(C)C)cc1[N+](=O)[O-]. The van der Waals surface area contributed by atoms with Crippen LogP contribution in [-0.4, -0.2) is 10.8 Å². The van der Waals surface area contributed by atoms with E-state index in [1.807, 2.05) is 25.3 Å². The maximum atomic E-state index is 12.3. The summed E-state index contributed by atoms with van der Waals surface area (Å²) in [5.74, 6) is 0.0243. The number of nitro benzene ring substituents is 1. The van der Waals surface area contributed by atoms with Crippen molar-refractivity contribution in [3.63, 3.8) is 0 Å². The number of thiophene rings is 1. The molecule has 0 saturated carbocycles. The van der Waals surface area contributed by atoms with E-state index in [1.54, 1.807) is 19.1 Å². The van der Waals surface area contributed by atoms with Crippen molar-refractivity contribution in [1.82, 2.24) is 0 Å². The van der Waals surface area contributed by atoms with Gasteiger partial charge in [-0.2, -0.15) is 0 Å². The second kappa shape index (κ2) is 6.05. The minimum Gasteiger partial charge on any atom is -0.321 e. The lowest BCUT2D eigenvalue weighted by atomic mass is 10.0. The van der Waals surface area contributed by atoms with Gasteiger partial charge in [0.25, 0.3) is 11.6 Å². The standard InChI is InChI=1S/C15H16N2O3S/c1-9(2)12-6-7-21-14(12)15(18)16-11-5-4-10(3)13(8-11)17(19)20/h4-9H,1-3H3,(H,16,18). The number of aryl methyl sites for hydroxylation is 1. The van der Waals surface area contributed by atoms with Crippen LogP contribution in [0, 0.1) is 17.0 Å². The lowest BCUT2D eigenvalue weighted by Crippen LogP contribution is -2.12. The van der Waals surface area contributed by atoms with Crippen LogP contribution in [0.15, 0.2) is 29.6 Å². The lowest BCUT2D eigenvalue weighted by Gasteiger charge is -2.08. The average molecular weight is 304 g/mol. The molecule has 1 heterocycles. The molecule has 6 heteroatoms. The molecule has 0 atom stereocenters. The van der Waals surface area contributed by atoms with Gasteiger partial charge in [-0.15, -0.1) is 11.3 Å². The quantitative estimate of drug-likeness (QED) is 0.674. The van der Waals surface area contributed by atoms with Gasteiger partial charge in [-0.05, 0) is 35.9 Å². The van der Waals surface area contributed by atoms with Gasteiger partial charge >= 0.3 is 0 Å². The molecule has 0 aliphatic heterocycles. The zero-order chi connectivity index (χ0) is 15.6. The van der Waals surface area contributed by atoms with E-state index in [0.717, 1.165) is 5.56 Å². The number of carbonyl (C=O) groups excluding carboxylic acids is 1. The highest BCUT2D eigenvalue weighted by Gasteiger charge is 2.17. The highest BCUT2D eigenvalue weighted by molar-refractivity contribution is 7.12. The largest absolute Gasteiger partial charge is 0.321 e. The van der Waals surface area contributed by atoms with Crippen molar-refractivity contribution >= 4 is 28.6 Å². The number of anilines is 1. The van der Waals surface area contributed by atoms with Crippen LogP contribution in [0.2, 0.25) is 0 Å². The van der Waals surface area contributed by atoms with E-state index < -0.39 is 4.92 Å². The van der Waals surface area contributed by atoms with Gasteiger partial charge in [-0.3, -0.25) is 14.9 Å². The Balaban J connectivity index is 2.26. The summed E-state index contributed by atoms with van der Waals surface area (Å²) in [6.45, 7) is 5.71. The highest BCUT2D eigenvalue weighted by atomic mass is 32.1. The number of nitro groups is 1. The number of hydrogen-bond acceptors (Lipinski definition) is 4. The molecular weight excluding hydrogens is 288 g/mol. The Morgan fingerprint density at radius 1 is 1.33 bits per heavy atom. The zero-order valence-corrected chi connectivity index (χ0v) is 12.9. The van der Waals surface area contributed by atoms with Crippen molar-refractivity contribution in [3.05, 3.63) is 55.8 Å². The molecule has 0 fully saturated rings. The number of nitrogens with zero attached hydrogens (tertiary/aromatic N) is 1. The fourth-order valence-electron chi connectivity index (χ4n) is 2.03. The summed E-state index contributed by atoms with van der Waals surface area (Å²) < 4.78 is 0. The smallest absolute Gasteiger partial charge is 0.274 e. The maximum Gasteiger partial charge on any atom is 0.274 e. The third kappa shape index (κ3) is 3.28. The van der Waals surface area contributed by atoms with Crippen LogP contribution in [0.25, 0.3) is 0 Å². The van der Waals surface area contributed by atoms with Crippen LogP contribution in [-0.2, 0) is 0 Å². The zero-order valence-electron chi connectivity index (χ0n) is 12.0. The van der Waals surface area contributed by atoms with Crippen LogP contribution < -0.4 is 5.32 Å². The molecule has 0 aliphatic rings. The van der Waals surface area contributed by atoms with Crippen LogP contribution in [0.1, 0.15) is 40.6 Å². The number of carbonyl (C=O) groups is 1. The fourth-order valence-corrected chi connectivity index (χ4v) is 2.98. The molecule has 1 amide bonds. The molecule has 21 heavy (non-hydrogen) atoms. The van der Waals surface area contributed by atoms with Gasteiger partial charge in [-0.25, -0.2) is 0 Å². The van der Waals surface area contributed by atoms with E-state index in [4.69, 9.17) is 0 Å². The fraction of sp³-hybridized carbons (Fsp3) is 0.267. The normalized spacial score (nSPS) is 10.7. The first-order chi connectivity index (χ1) is 9.90. The first-order valence-corrected chi connectivity index (χ1v) is 7.42. The van der Waals surface area contributed by atoms with Crippen molar-refractivity contribution in [1.29, 1.82) is 0 Å². The van der Waals surface area contributed by atoms with Crippen LogP contribution in [0.5, 0.6) is 0 Å². The maximum absolute atomic E-state index is 12.3. The van der Waals surface area contributed by atoms with E-state index in [0.29, 0.717) is 16.1 Å². The van der Waals surface area contributed by atoms with Crippen LogP contribution in [0.3, 0.4) is 0 Å². The van der Waals surface area contributed by atoms with Crippen LogP contribution in [0.4, 0.5) is 11.4 Å². The number of amides is 1. The summed E-state index contributed by atoms with van der Waals surface area (Å²) in [6.07, 6.45) is 0. The predicted molar refractivity (Wildman–Crippen MR) is 84.2 cm³/mol. The van der Waals surface area contributed by atoms with Gasteiger partial charge < -0.3 is 5.32 Å². The van der Waals surface area contributed by atoms with Gasteiger partial charge in [0.05, 0.1) is 9.80 Å². The number of nitrogens with one attached hydrogen (secondary N) is 1. The van der Waals surface area contributed by atoms with Crippen molar-refractivity contribution in [2.24, 2.45) is 0 Å². The summed E-state index contributed by atoms with van der Waals surface area (Å²) in [5, 5.41) is 15.5. The van der Waals surface area contributed by atoms with E-state index in [-0.39, 0.29) is 17.5 Å². The summed E-state index contributed by atoms with van der Waals surface area (Å²) in [5.41, 5.74) is 1.99. The van der Waals surface area contributed by atoms with Crippen LogP contribution >= 0.6 is 11.3 Å². The van der Waals surface area contributed by atoms with E-state index >= 15 is 0 Å². The third-order valence-corrected chi connectivity index (χ3v) is 4.12. The third-order valence-electron chi connectivity index (χ3n) is 3.19. The Bertz CT molecular complexity index is 692. The monoisotopic (exact) mass is 304 g/mol. The molecule has 0 saturated heterocycles. The number of benzene rings is 1. The molecule has 2 aromatic rings. The van der Waals surface area contributed by atoms with Crippen molar-refractivity contribution in [3.8, 4) is 0 Å². The Labute approximate surface area is 126 Å². The van der Waals surface area contributed by atoms with Crippen molar-refractivity contribution < 1.29 is 9.72 Å². The molecule has 0 aliphatic carbocycles. The summed E-state index contributed by atoms with van der Waals surface area (Å²) >= 11 is 1.37. The molecule has 0 radical (unpaired) electrons. The van der Waals surface area contributed by atoms with Gasteiger partial charge in [0.15, 0.2) is 0 Å². The minimum absolute atomic E-state index is 0.00284. The molecule has 2 rings (SSSR count). The molecule has 110 valence electrons. The lowest BCUT2D eigenvalue weighted by molar-refractivity contribution is -0.385. The molecule has 1 aromatic heterocycles. The summed E-state index contributed by atoms with van der Waals surface area (Å²) in [7, 11) is 0. The Kier molecular flexibility index (Phi) is 4.37. The van der Waals surface area contributed by atoms with Crippen molar-refractivity contribution in [2.75, 3.05) is 5.32 Å². The average Bonchev–Trinajstić information content (AvgIpc) is 2.90. The van der Waals surface area contributed by atoms with E-state index in [1.165, 1.54) is 17.4 Å². The Hall–Kier alpha value is -2.21. The number of hydrogen-bond donors (Lipinski definition) is 1. The highest BCUT2D eigenvalue weighted by Crippen LogP contribution is 2.27. The van der Waals surface area contributed by atoms with Gasteiger partial charge in [0, 0.05) is 17.3 Å². The Morgan fingerprint density at radius 2 is 2.05 bits per heavy atom. The second-order valence-corrected chi connectivity index (χ2v) is 5.99. The minimum atomic E-state index is -0.449.